The second-order valence-electron chi connectivity index (χ2n) is 15.0. The van der Waals surface area contributed by atoms with E-state index in [2.05, 4.69) is 16.0 Å². The normalized spacial score (nSPS) is 34.8. The molecule has 3 heterocycles. The Hall–Kier alpha value is -4.03. The van der Waals surface area contributed by atoms with Crippen LogP contribution >= 0.6 is 0 Å². The van der Waals surface area contributed by atoms with Crippen molar-refractivity contribution in [3.63, 3.8) is 0 Å². The van der Waals surface area contributed by atoms with E-state index in [0.717, 1.165) is 6.92 Å². The van der Waals surface area contributed by atoms with Crippen LogP contribution < -0.4 is 16.0 Å². The van der Waals surface area contributed by atoms with Gasteiger partial charge in [-0.05, 0) is 35.4 Å². The van der Waals surface area contributed by atoms with E-state index in [1.807, 2.05) is 0 Å². The summed E-state index contributed by atoms with van der Waals surface area (Å²) in [6.07, 6.45) is -13.6. The number of benzene rings is 2. The first-order valence-electron chi connectivity index (χ1n) is 19.2. The number of aromatic hydroxyl groups is 2. The van der Waals surface area contributed by atoms with Crippen LogP contribution in [-0.4, -0.2) is 171 Å². The fraction of sp³-hybridized carbons (Fsp3) is 0.615. The number of aliphatic hydroxyl groups excluding tert-OH is 6. The van der Waals surface area contributed by atoms with Gasteiger partial charge < -0.3 is 85.2 Å². The first kappa shape index (κ1) is 46.0. The molecule has 3 aliphatic rings. The zero-order chi connectivity index (χ0) is 43.0. The van der Waals surface area contributed by atoms with Crippen LogP contribution in [0.4, 0.5) is 0 Å². The summed E-state index contributed by atoms with van der Waals surface area (Å²) in [6, 6.07) is 7.75. The van der Waals surface area contributed by atoms with Crippen molar-refractivity contribution in [1.82, 2.24) is 16.0 Å². The Morgan fingerprint density at radius 1 is 0.746 bits per heavy atom. The van der Waals surface area contributed by atoms with Crippen LogP contribution in [0.15, 0.2) is 48.5 Å². The highest BCUT2D eigenvalue weighted by Crippen LogP contribution is 2.38. The Kier molecular flexibility index (Phi) is 16.0. The van der Waals surface area contributed by atoms with E-state index in [1.54, 1.807) is 31.2 Å². The fourth-order valence-corrected chi connectivity index (χ4v) is 7.57. The van der Waals surface area contributed by atoms with E-state index in [-0.39, 0.29) is 30.8 Å². The number of ether oxygens (including phenoxy) is 6. The molecule has 3 saturated heterocycles. The van der Waals surface area contributed by atoms with Gasteiger partial charge in [-0.15, -0.1) is 0 Å². The van der Waals surface area contributed by atoms with Gasteiger partial charge in [-0.25, -0.2) is 0 Å². The van der Waals surface area contributed by atoms with Crippen LogP contribution in [0.5, 0.6) is 11.5 Å². The van der Waals surface area contributed by atoms with Gasteiger partial charge in [0.2, 0.25) is 17.7 Å². The highest BCUT2D eigenvalue weighted by Gasteiger charge is 2.57. The molecular weight excluding hydrogens is 782 g/mol. The first-order chi connectivity index (χ1) is 28.1. The first-order valence-corrected chi connectivity index (χ1v) is 19.2. The number of nitrogens with one attached hydrogen (secondary N) is 3. The molecule has 2 aromatic rings. The average Bonchev–Trinajstić information content (AvgIpc) is 3.20. The molecule has 0 aromatic heterocycles. The number of hydrogen-bond acceptors (Lipinski definition) is 17. The Bertz CT molecular complexity index is 1690. The molecule has 0 aliphatic carbocycles. The Balaban J connectivity index is 1.37. The summed E-state index contributed by atoms with van der Waals surface area (Å²) in [5, 5.41) is 92.9. The average molecular weight is 838 g/mol. The molecule has 3 amide bonds. The number of phenols is 2. The maximum atomic E-state index is 13.3. The van der Waals surface area contributed by atoms with Crippen molar-refractivity contribution in [3.05, 3.63) is 59.7 Å². The lowest BCUT2D eigenvalue weighted by atomic mass is 9.84. The molecule has 328 valence electrons. The summed E-state index contributed by atoms with van der Waals surface area (Å²) in [4.78, 5) is 39.0. The number of rotatable bonds is 16. The van der Waals surface area contributed by atoms with E-state index < -0.39 is 129 Å². The summed E-state index contributed by atoms with van der Waals surface area (Å²) in [5.41, 5.74) is -0.841. The van der Waals surface area contributed by atoms with E-state index in [1.165, 1.54) is 31.4 Å². The molecule has 3 fully saturated rings. The van der Waals surface area contributed by atoms with Crippen molar-refractivity contribution in [2.75, 3.05) is 33.5 Å². The van der Waals surface area contributed by atoms with Crippen LogP contribution in [0, 0.1) is 5.92 Å². The van der Waals surface area contributed by atoms with Gasteiger partial charge in [0, 0.05) is 33.0 Å². The third kappa shape index (κ3) is 11.0. The van der Waals surface area contributed by atoms with Crippen LogP contribution in [0.3, 0.4) is 0 Å². The number of amides is 3. The molecule has 20 nitrogen and oxygen atoms in total. The fourth-order valence-electron chi connectivity index (χ4n) is 7.57. The van der Waals surface area contributed by atoms with Gasteiger partial charge in [-0.1, -0.05) is 31.2 Å². The maximum absolute atomic E-state index is 13.3. The molecule has 0 radical (unpaired) electrons. The van der Waals surface area contributed by atoms with E-state index in [0.29, 0.717) is 11.1 Å². The maximum Gasteiger partial charge on any atom is 0.224 e. The van der Waals surface area contributed by atoms with Crippen molar-refractivity contribution < 1.29 is 83.7 Å². The SMILES string of the molecule is COC1OC(CO)C(OC2OCC(CCO)(OC3OC(CO)C(C)C(O)C3NC(=O)Cc3ccc(O)cc3)C(O)C2NC(C)=O)C(O)C1NC(=O)Cc1ccc(O)cc1. The summed E-state index contributed by atoms with van der Waals surface area (Å²) in [6.45, 7) is 0.318. The smallest absolute Gasteiger partial charge is 0.224 e. The van der Waals surface area contributed by atoms with Gasteiger partial charge in [0.1, 0.15) is 59.6 Å². The summed E-state index contributed by atoms with van der Waals surface area (Å²) in [7, 11) is 1.27. The quantitative estimate of drug-likeness (QED) is 0.0805. The van der Waals surface area contributed by atoms with Crippen LogP contribution in [0.25, 0.3) is 0 Å². The molecule has 3 aliphatic heterocycles. The Morgan fingerprint density at radius 3 is 1.76 bits per heavy atom. The molecular formula is C39H55N3O17. The second-order valence-corrected chi connectivity index (χ2v) is 15.0. The van der Waals surface area contributed by atoms with Gasteiger partial charge in [0.25, 0.3) is 0 Å². The van der Waals surface area contributed by atoms with E-state index in [9.17, 15) is 55.2 Å². The lowest BCUT2D eigenvalue weighted by Crippen LogP contribution is -2.72. The Morgan fingerprint density at radius 2 is 1.27 bits per heavy atom. The molecule has 14 unspecified atom stereocenters. The van der Waals surface area contributed by atoms with Gasteiger partial charge in [-0.2, -0.15) is 0 Å². The van der Waals surface area contributed by atoms with Gasteiger partial charge in [0.05, 0.1) is 44.9 Å². The summed E-state index contributed by atoms with van der Waals surface area (Å²) >= 11 is 0. The minimum Gasteiger partial charge on any atom is -0.508 e. The number of phenolic OH excluding ortho intramolecular Hbond substituents is 2. The van der Waals surface area contributed by atoms with Crippen molar-refractivity contribution in [3.8, 4) is 11.5 Å². The molecule has 5 rings (SSSR count). The standard InChI is InChI=1S/C39H55N3O17/c1-19-25(16-44)56-38(29(32(19)51)41-27(49)14-21-4-8-23(47)9-5-21)59-39(12-13-43)18-55-37(31(35(39)53)40-20(2)46)58-34-26(17-45)57-36(54-3)30(33(34)52)42-28(50)15-22-6-10-24(48)11-7-22/h4-11,19,25-26,29-38,43-45,47-48,51-53H,12-18H2,1-3H3,(H,40,46)(H,41,49)(H,42,50). The van der Waals surface area contributed by atoms with E-state index in [4.69, 9.17) is 28.4 Å². The lowest BCUT2D eigenvalue weighted by molar-refractivity contribution is -0.358. The van der Waals surface area contributed by atoms with Gasteiger partial charge in [-0.3, -0.25) is 14.4 Å². The monoisotopic (exact) mass is 837 g/mol. The third-order valence-electron chi connectivity index (χ3n) is 10.8. The molecule has 0 spiro atoms. The number of hydrogen-bond donors (Lipinski definition) is 11. The number of carbonyl (C=O) groups excluding carboxylic acids is 3. The molecule has 14 atom stereocenters. The van der Waals surface area contributed by atoms with Crippen LogP contribution in [-0.2, 0) is 55.6 Å². The Labute approximate surface area is 339 Å². The minimum atomic E-state index is -1.93. The largest absolute Gasteiger partial charge is 0.508 e. The van der Waals surface area contributed by atoms with Crippen molar-refractivity contribution in [2.45, 2.75) is 112 Å². The highest BCUT2D eigenvalue weighted by molar-refractivity contribution is 5.79. The molecule has 20 heteroatoms. The molecule has 11 N–H and O–H groups in total. The van der Waals surface area contributed by atoms with Crippen LogP contribution in [0.2, 0.25) is 0 Å². The lowest BCUT2D eigenvalue weighted by Gasteiger charge is -2.52. The molecule has 0 bridgehead atoms. The molecule has 0 saturated carbocycles. The zero-order valence-electron chi connectivity index (χ0n) is 32.8. The topological polar surface area (TPSA) is 305 Å². The number of methoxy groups -OCH3 is 1. The number of carbonyl (C=O) groups is 3. The van der Waals surface area contributed by atoms with E-state index >= 15 is 0 Å². The summed E-state index contributed by atoms with van der Waals surface area (Å²) < 4.78 is 35.9. The van der Waals surface area contributed by atoms with Crippen LogP contribution in [0.1, 0.15) is 31.4 Å². The second kappa shape index (κ2) is 20.5. The van der Waals surface area contributed by atoms with Gasteiger partial charge in [0.15, 0.2) is 18.9 Å². The predicted molar refractivity (Wildman–Crippen MR) is 201 cm³/mol. The minimum absolute atomic E-state index is 0.00214. The highest BCUT2D eigenvalue weighted by atomic mass is 16.7. The van der Waals surface area contributed by atoms with Crippen molar-refractivity contribution in [1.29, 1.82) is 0 Å². The van der Waals surface area contributed by atoms with Crippen molar-refractivity contribution >= 4 is 17.7 Å². The van der Waals surface area contributed by atoms with Gasteiger partial charge >= 0.3 is 0 Å². The predicted octanol–water partition coefficient (Wildman–Crippen LogP) is -2.96. The van der Waals surface area contributed by atoms with Crippen molar-refractivity contribution in [2.24, 2.45) is 5.92 Å². The number of aliphatic hydroxyl groups is 6. The molecule has 59 heavy (non-hydrogen) atoms. The zero-order valence-corrected chi connectivity index (χ0v) is 32.8. The summed E-state index contributed by atoms with van der Waals surface area (Å²) in [5.74, 6) is -2.49. The molecule has 2 aromatic carbocycles. The third-order valence-corrected chi connectivity index (χ3v) is 10.8.